The molecule has 2 aromatic rings. The first-order valence-corrected chi connectivity index (χ1v) is 8.09. The number of carbonyl (C=O) groups excluding carboxylic acids is 1. The van der Waals surface area contributed by atoms with Crippen molar-refractivity contribution in [3.05, 3.63) is 47.8 Å². The van der Waals surface area contributed by atoms with Crippen LogP contribution in [0.2, 0.25) is 0 Å². The van der Waals surface area contributed by atoms with Gasteiger partial charge in [-0.1, -0.05) is 25.3 Å². The number of amides is 1. The maximum absolute atomic E-state index is 12.2. The molecule has 1 aliphatic carbocycles. The smallest absolute Gasteiger partial charge is 0.253 e. The summed E-state index contributed by atoms with van der Waals surface area (Å²) >= 11 is 0. The van der Waals surface area contributed by atoms with Gasteiger partial charge in [-0.2, -0.15) is 0 Å². The zero-order chi connectivity index (χ0) is 16.1. The minimum absolute atomic E-state index is 0.0268. The van der Waals surface area contributed by atoms with Crippen molar-refractivity contribution in [2.45, 2.75) is 44.8 Å². The molecule has 0 aliphatic heterocycles. The predicted octanol–water partition coefficient (Wildman–Crippen LogP) is 2.70. The molecule has 0 saturated heterocycles. The molecule has 1 saturated carbocycles. The monoisotopic (exact) mass is 311 g/mol. The molecule has 0 aromatic carbocycles. The molecular formula is C18H21N3O2. The van der Waals surface area contributed by atoms with E-state index in [1.807, 2.05) is 12.1 Å². The second kappa shape index (κ2) is 7.33. The Kier molecular flexibility index (Phi) is 4.98. The van der Waals surface area contributed by atoms with Crippen molar-refractivity contribution in [1.82, 2.24) is 15.3 Å². The Hall–Kier alpha value is -2.27. The number of hydrogen-bond donors (Lipinski definition) is 2. The molecule has 5 nitrogen and oxygen atoms in total. The van der Waals surface area contributed by atoms with E-state index in [-0.39, 0.29) is 12.5 Å². The molecule has 0 atom stereocenters. The van der Waals surface area contributed by atoms with E-state index < -0.39 is 0 Å². The van der Waals surface area contributed by atoms with Gasteiger partial charge in [-0.15, -0.1) is 0 Å². The molecule has 0 bridgehead atoms. The van der Waals surface area contributed by atoms with Crippen molar-refractivity contribution in [2.75, 3.05) is 0 Å². The first-order valence-electron chi connectivity index (χ1n) is 8.09. The van der Waals surface area contributed by atoms with Crippen LogP contribution < -0.4 is 5.32 Å². The summed E-state index contributed by atoms with van der Waals surface area (Å²) in [4.78, 5) is 20.8. The molecule has 1 aliphatic rings. The third-order valence-electron chi connectivity index (χ3n) is 4.24. The third-order valence-corrected chi connectivity index (χ3v) is 4.24. The molecule has 2 aromatic heterocycles. The summed E-state index contributed by atoms with van der Waals surface area (Å²) in [5.41, 5.74) is 2.77. The molecule has 23 heavy (non-hydrogen) atoms. The van der Waals surface area contributed by atoms with Gasteiger partial charge < -0.3 is 10.4 Å². The molecular weight excluding hydrogens is 290 g/mol. The highest BCUT2D eigenvalue weighted by Crippen LogP contribution is 2.18. The van der Waals surface area contributed by atoms with Crippen LogP contribution >= 0.6 is 0 Å². The molecule has 0 radical (unpaired) electrons. The van der Waals surface area contributed by atoms with Crippen LogP contribution in [0.4, 0.5) is 0 Å². The van der Waals surface area contributed by atoms with E-state index in [0.717, 1.165) is 24.1 Å². The number of pyridine rings is 2. The van der Waals surface area contributed by atoms with Gasteiger partial charge >= 0.3 is 0 Å². The van der Waals surface area contributed by atoms with Gasteiger partial charge in [-0.05, 0) is 36.6 Å². The summed E-state index contributed by atoms with van der Waals surface area (Å²) in [5.74, 6) is -0.0560. The lowest BCUT2D eigenvalue weighted by molar-refractivity contribution is 0.0927. The van der Waals surface area contributed by atoms with Gasteiger partial charge in [0.05, 0.1) is 23.6 Å². The highest BCUT2D eigenvalue weighted by molar-refractivity contribution is 5.94. The Morgan fingerprint density at radius 1 is 1.04 bits per heavy atom. The SMILES string of the molecule is O=C(NC1CCCCC1)c1ccc(-c2ccc(CO)cn2)nc1. The van der Waals surface area contributed by atoms with Crippen molar-refractivity contribution in [3.63, 3.8) is 0 Å². The quantitative estimate of drug-likeness (QED) is 0.910. The number of nitrogens with zero attached hydrogens (tertiary/aromatic N) is 2. The van der Waals surface area contributed by atoms with Crippen LogP contribution in [0.3, 0.4) is 0 Å². The van der Waals surface area contributed by atoms with Gasteiger partial charge in [-0.25, -0.2) is 0 Å². The second-order valence-electron chi connectivity index (χ2n) is 5.95. The summed E-state index contributed by atoms with van der Waals surface area (Å²) in [7, 11) is 0. The van der Waals surface area contributed by atoms with Gasteiger partial charge in [-0.3, -0.25) is 14.8 Å². The van der Waals surface area contributed by atoms with E-state index in [0.29, 0.717) is 17.3 Å². The largest absolute Gasteiger partial charge is 0.392 e. The van der Waals surface area contributed by atoms with Gasteiger partial charge in [0.2, 0.25) is 0 Å². The van der Waals surface area contributed by atoms with Crippen LogP contribution in [0.25, 0.3) is 11.4 Å². The van der Waals surface area contributed by atoms with Crippen LogP contribution in [0, 0.1) is 0 Å². The fourth-order valence-corrected chi connectivity index (χ4v) is 2.86. The van der Waals surface area contributed by atoms with Crippen molar-refractivity contribution in [1.29, 1.82) is 0 Å². The van der Waals surface area contributed by atoms with Crippen LogP contribution in [0.15, 0.2) is 36.7 Å². The van der Waals surface area contributed by atoms with Crippen molar-refractivity contribution in [2.24, 2.45) is 0 Å². The van der Waals surface area contributed by atoms with E-state index in [1.165, 1.54) is 19.3 Å². The maximum Gasteiger partial charge on any atom is 0.253 e. The van der Waals surface area contributed by atoms with Gasteiger partial charge in [0.15, 0.2) is 0 Å². The minimum atomic E-state index is -0.0560. The lowest BCUT2D eigenvalue weighted by Gasteiger charge is -2.22. The van der Waals surface area contributed by atoms with Gasteiger partial charge in [0.1, 0.15) is 0 Å². The number of aliphatic hydroxyl groups is 1. The molecule has 1 fully saturated rings. The minimum Gasteiger partial charge on any atom is -0.392 e. The molecule has 2 N–H and O–H groups in total. The number of hydrogen-bond acceptors (Lipinski definition) is 4. The van der Waals surface area contributed by atoms with E-state index in [9.17, 15) is 4.79 Å². The summed E-state index contributed by atoms with van der Waals surface area (Å²) in [6, 6.07) is 7.51. The summed E-state index contributed by atoms with van der Waals surface area (Å²) in [5, 5.41) is 12.1. The molecule has 1 amide bonds. The normalized spacial score (nSPS) is 15.3. The second-order valence-corrected chi connectivity index (χ2v) is 5.95. The van der Waals surface area contributed by atoms with Crippen LogP contribution in [0.1, 0.15) is 48.0 Å². The van der Waals surface area contributed by atoms with E-state index in [2.05, 4.69) is 15.3 Å². The Bertz CT molecular complexity index is 647. The molecule has 0 unspecified atom stereocenters. The van der Waals surface area contributed by atoms with Crippen LogP contribution in [0.5, 0.6) is 0 Å². The standard InChI is InChI=1S/C18H21N3O2/c22-12-13-6-8-16(19-10-13)17-9-7-14(11-20-17)18(23)21-15-4-2-1-3-5-15/h6-11,15,22H,1-5,12H2,(H,21,23). The van der Waals surface area contributed by atoms with Crippen LogP contribution in [-0.4, -0.2) is 27.0 Å². The fourth-order valence-electron chi connectivity index (χ4n) is 2.86. The van der Waals surface area contributed by atoms with E-state index in [1.54, 1.807) is 24.5 Å². The van der Waals surface area contributed by atoms with Crippen LogP contribution in [-0.2, 0) is 6.61 Å². The summed E-state index contributed by atoms with van der Waals surface area (Å²) in [6.45, 7) is -0.0268. The average molecular weight is 311 g/mol. The number of carbonyl (C=O) groups is 1. The van der Waals surface area contributed by atoms with Gasteiger partial charge in [0, 0.05) is 18.4 Å². The third kappa shape index (κ3) is 3.93. The molecule has 2 heterocycles. The fraction of sp³-hybridized carbons (Fsp3) is 0.389. The first kappa shape index (κ1) is 15.6. The van der Waals surface area contributed by atoms with Crippen molar-refractivity contribution < 1.29 is 9.90 Å². The molecule has 0 spiro atoms. The Labute approximate surface area is 135 Å². The molecule has 5 heteroatoms. The summed E-state index contributed by atoms with van der Waals surface area (Å²) in [6.07, 6.45) is 9.01. The first-order chi connectivity index (χ1) is 11.3. The number of nitrogens with one attached hydrogen (secondary N) is 1. The Morgan fingerprint density at radius 3 is 2.30 bits per heavy atom. The van der Waals surface area contributed by atoms with E-state index >= 15 is 0 Å². The van der Waals surface area contributed by atoms with Gasteiger partial charge in [0.25, 0.3) is 5.91 Å². The topological polar surface area (TPSA) is 75.1 Å². The lowest BCUT2D eigenvalue weighted by Crippen LogP contribution is -2.36. The van der Waals surface area contributed by atoms with E-state index in [4.69, 9.17) is 5.11 Å². The summed E-state index contributed by atoms with van der Waals surface area (Å²) < 4.78 is 0. The highest BCUT2D eigenvalue weighted by Gasteiger charge is 2.16. The Balaban J connectivity index is 1.66. The van der Waals surface area contributed by atoms with Crippen molar-refractivity contribution in [3.8, 4) is 11.4 Å². The number of rotatable bonds is 4. The zero-order valence-corrected chi connectivity index (χ0v) is 13.0. The average Bonchev–Trinajstić information content (AvgIpc) is 2.63. The number of aliphatic hydroxyl groups excluding tert-OH is 1. The number of aromatic nitrogens is 2. The lowest BCUT2D eigenvalue weighted by atomic mass is 9.95. The predicted molar refractivity (Wildman–Crippen MR) is 87.7 cm³/mol. The Morgan fingerprint density at radius 2 is 1.74 bits per heavy atom. The zero-order valence-electron chi connectivity index (χ0n) is 13.0. The van der Waals surface area contributed by atoms with Crippen molar-refractivity contribution >= 4 is 5.91 Å². The molecule has 3 rings (SSSR count). The molecule has 120 valence electrons. The maximum atomic E-state index is 12.2. The highest BCUT2D eigenvalue weighted by atomic mass is 16.3.